The average Bonchev–Trinajstić information content (AvgIpc) is 3.19. The van der Waals surface area contributed by atoms with E-state index in [-0.39, 0.29) is 23.8 Å². The summed E-state index contributed by atoms with van der Waals surface area (Å²) in [5, 5.41) is 3.94. The maximum absolute atomic E-state index is 13.8. The minimum atomic E-state index is -0.700. The van der Waals surface area contributed by atoms with Crippen molar-refractivity contribution in [1.29, 1.82) is 0 Å². The first-order valence-corrected chi connectivity index (χ1v) is 9.39. The van der Waals surface area contributed by atoms with Crippen LogP contribution in [0.2, 0.25) is 0 Å². The second-order valence-electron chi connectivity index (χ2n) is 7.07. The van der Waals surface area contributed by atoms with Gasteiger partial charge in [0, 0.05) is 38.0 Å². The fourth-order valence-electron chi connectivity index (χ4n) is 3.50. The molecule has 0 bridgehead atoms. The lowest BCUT2D eigenvalue weighted by atomic mass is 9.94. The summed E-state index contributed by atoms with van der Waals surface area (Å²) < 4.78 is 32.2. The molecule has 0 spiro atoms. The van der Waals surface area contributed by atoms with Crippen LogP contribution in [0.25, 0.3) is 11.5 Å². The van der Waals surface area contributed by atoms with Crippen LogP contribution in [0.15, 0.2) is 41.3 Å². The summed E-state index contributed by atoms with van der Waals surface area (Å²) >= 11 is 0. The number of carbonyl (C=O) groups excluding carboxylic acids is 1. The Kier molecular flexibility index (Phi) is 5.55. The van der Waals surface area contributed by atoms with Crippen molar-refractivity contribution >= 4 is 5.91 Å². The highest BCUT2D eigenvalue weighted by molar-refractivity contribution is 5.79. The van der Waals surface area contributed by atoms with Crippen molar-refractivity contribution in [3.63, 3.8) is 0 Å². The molecule has 1 atom stereocenters. The lowest BCUT2D eigenvalue weighted by Crippen LogP contribution is -2.41. The van der Waals surface area contributed by atoms with Gasteiger partial charge in [0.2, 0.25) is 17.6 Å². The Morgan fingerprint density at radius 3 is 2.97 bits per heavy atom. The number of piperidine rings is 1. The average molecular weight is 399 g/mol. The van der Waals surface area contributed by atoms with Gasteiger partial charge in [-0.2, -0.15) is 4.98 Å². The van der Waals surface area contributed by atoms with E-state index >= 15 is 0 Å². The molecule has 1 amide bonds. The van der Waals surface area contributed by atoms with E-state index in [1.165, 1.54) is 6.07 Å². The molecule has 3 aromatic rings. The molecule has 9 heteroatoms. The van der Waals surface area contributed by atoms with Gasteiger partial charge in [-0.05, 0) is 30.4 Å². The summed E-state index contributed by atoms with van der Waals surface area (Å²) in [6.45, 7) is 1.15. The quantitative estimate of drug-likeness (QED) is 0.656. The smallest absolute Gasteiger partial charge is 0.227 e. The third-order valence-electron chi connectivity index (χ3n) is 4.95. The molecule has 0 aliphatic carbocycles. The van der Waals surface area contributed by atoms with E-state index in [1.54, 1.807) is 23.5 Å². The molecule has 0 radical (unpaired) electrons. The van der Waals surface area contributed by atoms with Crippen molar-refractivity contribution in [3.05, 3.63) is 59.9 Å². The lowest BCUT2D eigenvalue weighted by Gasteiger charge is -2.32. The number of hydrogen-bond donors (Lipinski definition) is 0. The van der Waals surface area contributed by atoms with Crippen molar-refractivity contribution < 1.29 is 18.1 Å². The van der Waals surface area contributed by atoms with Gasteiger partial charge >= 0.3 is 0 Å². The SMILES string of the molecule is O=C(Cc1ccc(F)cc1F)N1CCCC(Cc2nc(-c3cnccn3)no2)C1. The zero-order valence-corrected chi connectivity index (χ0v) is 15.6. The van der Waals surface area contributed by atoms with Crippen molar-refractivity contribution in [2.24, 2.45) is 5.92 Å². The number of amides is 1. The van der Waals surface area contributed by atoms with Crippen LogP contribution in [0.3, 0.4) is 0 Å². The molecular formula is C20H19F2N5O2. The van der Waals surface area contributed by atoms with Crippen molar-refractivity contribution in [3.8, 4) is 11.5 Å². The monoisotopic (exact) mass is 399 g/mol. The number of halogens is 2. The maximum atomic E-state index is 13.8. The lowest BCUT2D eigenvalue weighted by molar-refractivity contribution is -0.132. The molecule has 0 N–H and O–H groups in total. The standard InChI is InChI=1S/C20H19F2N5O2/c21-15-4-3-14(16(22)10-15)9-19(28)27-7-1-2-13(12-27)8-18-25-20(26-29-18)17-11-23-5-6-24-17/h3-6,10-11,13H,1-2,7-9,12H2. The summed E-state index contributed by atoms with van der Waals surface area (Å²) in [6.07, 6.45) is 6.91. The highest BCUT2D eigenvalue weighted by Gasteiger charge is 2.26. The van der Waals surface area contributed by atoms with Gasteiger partial charge in [0.15, 0.2) is 0 Å². The molecule has 3 heterocycles. The second kappa shape index (κ2) is 8.42. The van der Waals surface area contributed by atoms with Gasteiger partial charge in [0.25, 0.3) is 0 Å². The predicted molar refractivity (Wildman–Crippen MR) is 98.4 cm³/mol. The summed E-state index contributed by atoms with van der Waals surface area (Å²) in [7, 11) is 0. The number of nitrogens with zero attached hydrogens (tertiary/aromatic N) is 5. The van der Waals surface area contributed by atoms with Gasteiger partial charge < -0.3 is 9.42 Å². The number of aromatic nitrogens is 4. The Morgan fingerprint density at radius 2 is 2.17 bits per heavy atom. The third-order valence-corrected chi connectivity index (χ3v) is 4.95. The van der Waals surface area contributed by atoms with Crippen molar-refractivity contribution in [2.45, 2.75) is 25.7 Å². The Balaban J connectivity index is 1.37. The van der Waals surface area contributed by atoms with Crippen LogP contribution in [0, 0.1) is 17.6 Å². The summed E-state index contributed by atoms with van der Waals surface area (Å²) in [5.74, 6) is -0.503. The fourth-order valence-corrected chi connectivity index (χ4v) is 3.50. The topological polar surface area (TPSA) is 85.0 Å². The number of benzene rings is 1. The molecule has 1 aromatic carbocycles. The largest absolute Gasteiger partial charge is 0.342 e. The zero-order chi connectivity index (χ0) is 20.2. The molecule has 1 aliphatic rings. The van der Waals surface area contributed by atoms with Crippen LogP contribution >= 0.6 is 0 Å². The van der Waals surface area contributed by atoms with Crippen molar-refractivity contribution in [2.75, 3.05) is 13.1 Å². The van der Waals surface area contributed by atoms with Crippen LogP contribution < -0.4 is 0 Å². The Hall–Kier alpha value is -3.23. The van der Waals surface area contributed by atoms with Crippen LogP contribution in [0.4, 0.5) is 8.78 Å². The van der Waals surface area contributed by atoms with Gasteiger partial charge in [-0.1, -0.05) is 11.2 Å². The van der Waals surface area contributed by atoms with Gasteiger partial charge in [-0.3, -0.25) is 9.78 Å². The highest BCUT2D eigenvalue weighted by atomic mass is 19.1. The summed E-state index contributed by atoms with van der Waals surface area (Å²) in [4.78, 5) is 26.8. The minimum absolute atomic E-state index is 0.0871. The van der Waals surface area contributed by atoms with Gasteiger partial charge in [-0.25, -0.2) is 13.8 Å². The molecule has 1 saturated heterocycles. The predicted octanol–water partition coefficient (Wildman–Crippen LogP) is 2.83. The fraction of sp³-hybridized carbons (Fsp3) is 0.350. The van der Waals surface area contributed by atoms with Crippen LogP contribution in [-0.2, 0) is 17.6 Å². The van der Waals surface area contributed by atoms with Crippen LogP contribution in [0.5, 0.6) is 0 Å². The third kappa shape index (κ3) is 4.61. The number of carbonyl (C=O) groups is 1. The first-order valence-electron chi connectivity index (χ1n) is 9.39. The van der Waals surface area contributed by atoms with Crippen molar-refractivity contribution in [1.82, 2.24) is 25.0 Å². The Morgan fingerprint density at radius 1 is 1.28 bits per heavy atom. The Bertz CT molecular complexity index is 996. The summed E-state index contributed by atoms with van der Waals surface area (Å²) in [5.41, 5.74) is 0.730. The van der Waals surface area contributed by atoms with Crippen LogP contribution in [0.1, 0.15) is 24.3 Å². The van der Waals surface area contributed by atoms with Gasteiger partial charge in [-0.15, -0.1) is 0 Å². The highest BCUT2D eigenvalue weighted by Crippen LogP contribution is 2.22. The van der Waals surface area contributed by atoms with E-state index < -0.39 is 11.6 Å². The Labute approximate surface area is 165 Å². The first-order chi connectivity index (χ1) is 14.1. The molecule has 7 nitrogen and oxygen atoms in total. The molecule has 2 aromatic heterocycles. The first kappa shape index (κ1) is 19.1. The summed E-state index contributed by atoms with van der Waals surface area (Å²) in [6, 6.07) is 3.28. The van der Waals surface area contributed by atoms with E-state index in [9.17, 15) is 13.6 Å². The minimum Gasteiger partial charge on any atom is -0.342 e. The molecule has 0 saturated carbocycles. The van der Waals surface area contributed by atoms with Gasteiger partial charge in [0.1, 0.15) is 17.3 Å². The molecule has 4 rings (SSSR count). The molecular weight excluding hydrogens is 380 g/mol. The number of rotatable bonds is 5. The second-order valence-corrected chi connectivity index (χ2v) is 7.07. The normalized spacial score (nSPS) is 16.8. The molecule has 29 heavy (non-hydrogen) atoms. The molecule has 150 valence electrons. The van der Waals surface area contributed by atoms with E-state index in [4.69, 9.17) is 4.52 Å². The van der Waals surface area contributed by atoms with E-state index in [0.717, 1.165) is 25.0 Å². The molecule has 1 aliphatic heterocycles. The molecule has 1 unspecified atom stereocenters. The molecule has 1 fully saturated rings. The van der Waals surface area contributed by atoms with Crippen LogP contribution in [-0.4, -0.2) is 44.0 Å². The van der Waals surface area contributed by atoms with Gasteiger partial charge in [0.05, 0.1) is 12.6 Å². The van der Waals surface area contributed by atoms with E-state index in [0.29, 0.717) is 36.9 Å². The zero-order valence-electron chi connectivity index (χ0n) is 15.6. The number of hydrogen-bond acceptors (Lipinski definition) is 6. The van der Waals surface area contributed by atoms with E-state index in [2.05, 4.69) is 20.1 Å². The van der Waals surface area contributed by atoms with E-state index in [1.807, 2.05) is 0 Å². The number of likely N-dealkylation sites (tertiary alicyclic amines) is 1. The maximum Gasteiger partial charge on any atom is 0.227 e.